The van der Waals surface area contributed by atoms with Crippen molar-refractivity contribution in [2.45, 2.75) is 13.1 Å². The van der Waals surface area contributed by atoms with Crippen LogP contribution in [0.1, 0.15) is 18.1 Å². The van der Waals surface area contributed by atoms with Crippen LogP contribution < -0.4 is 5.43 Å². The van der Waals surface area contributed by atoms with E-state index in [-0.39, 0.29) is 11.3 Å². The van der Waals surface area contributed by atoms with Crippen LogP contribution in [0.4, 0.5) is 22.4 Å². The maximum atomic E-state index is 13.2. The molecule has 0 aliphatic rings. The number of nitrogens with one attached hydrogen (secondary N) is 1. The SMILES string of the molecule is CC(=NNC(=O)O)c1ccc(C(F)(F)F)c(F)c1. The lowest BCUT2D eigenvalue weighted by atomic mass is 10.1. The smallest absolute Gasteiger partial charge is 0.425 e. The Kier molecular flexibility index (Phi) is 3.89. The Morgan fingerprint density at radius 3 is 2.44 bits per heavy atom. The number of benzene rings is 1. The minimum atomic E-state index is -4.77. The monoisotopic (exact) mass is 264 g/mol. The van der Waals surface area contributed by atoms with Gasteiger partial charge in [-0.05, 0) is 19.1 Å². The summed E-state index contributed by atoms with van der Waals surface area (Å²) in [5.74, 6) is -1.44. The van der Waals surface area contributed by atoms with Gasteiger partial charge in [0.05, 0.1) is 11.3 Å². The summed E-state index contributed by atoms with van der Waals surface area (Å²) >= 11 is 0. The maximum absolute atomic E-state index is 13.2. The fraction of sp³-hybridized carbons (Fsp3) is 0.200. The molecule has 18 heavy (non-hydrogen) atoms. The van der Waals surface area contributed by atoms with Crippen molar-refractivity contribution in [2.75, 3.05) is 0 Å². The Bertz CT molecular complexity index is 497. The van der Waals surface area contributed by atoms with Gasteiger partial charge in [0.25, 0.3) is 0 Å². The molecule has 1 amide bonds. The van der Waals surface area contributed by atoms with Crippen LogP contribution in [0.5, 0.6) is 0 Å². The van der Waals surface area contributed by atoms with Crippen LogP contribution in [-0.2, 0) is 6.18 Å². The standard InChI is InChI=1S/C10H8F4N2O2/c1-5(15-16-9(17)18)6-2-3-7(8(11)4-6)10(12,13)14/h2-4,16H,1H3,(H,17,18). The van der Waals surface area contributed by atoms with Gasteiger partial charge >= 0.3 is 12.3 Å². The normalized spacial score (nSPS) is 12.4. The van der Waals surface area contributed by atoms with Gasteiger partial charge in [-0.25, -0.2) is 14.6 Å². The average Bonchev–Trinajstić information content (AvgIpc) is 2.23. The number of carbonyl (C=O) groups is 1. The van der Waals surface area contributed by atoms with Crippen LogP contribution in [-0.4, -0.2) is 16.9 Å². The number of hydrogen-bond donors (Lipinski definition) is 2. The minimum Gasteiger partial charge on any atom is -0.464 e. The molecule has 0 saturated heterocycles. The highest BCUT2D eigenvalue weighted by Gasteiger charge is 2.33. The molecule has 0 aliphatic carbocycles. The van der Waals surface area contributed by atoms with Gasteiger partial charge in [0.15, 0.2) is 0 Å². The molecule has 0 bridgehead atoms. The molecule has 1 rings (SSSR count). The second-order valence-electron chi connectivity index (χ2n) is 3.31. The number of rotatable bonds is 2. The van der Waals surface area contributed by atoms with Crippen molar-refractivity contribution in [2.24, 2.45) is 5.10 Å². The zero-order chi connectivity index (χ0) is 13.9. The van der Waals surface area contributed by atoms with Gasteiger partial charge in [-0.3, -0.25) is 0 Å². The van der Waals surface area contributed by atoms with Gasteiger partial charge in [-0.1, -0.05) is 6.07 Å². The molecule has 0 fully saturated rings. The predicted octanol–water partition coefficient (Wildman–Crippen LogP) is 2.84. The van der Waals surface area contributed by atoms with E-state index in [0.29, 0.717) is 12.1 Å². The summed E-state index contributed by atoms with van der Waals surface area (Å²) in [4.78, 5) is 10.1. The molecule has 1 aromatic carbocycles. The molecule has 0 radical (unpaired) electrons. The molecule has 0 aromatic heterocycles. The summed E-state index contributed by atoms with van der Waals surface area (Å²) in [6.07, 6.45) is -6.20. The van der Waals surface area contributed by atoms with Crippen LogP contribution in [0.3, 0.4) is 0 Å². The van der Waals surface area contributed by atoms with E-state index in [9.17, 15) is 22.4 Å². The highest BCUT2D eigenvalue weighted by molar-refractivity contribution is 5.99. The zero-order valence-corrected chi connectivity index (χ0v) is 9.05. The zero-order valence-electron chi connectivity index (χ0n) is 9.05. The molecule has 2 N–H and O–H groups in total. The number of hydrogen-bond acceptors (Lipinski definition) is 2. The molecule has 0 unspecified atom stereocenters. The third kappa shape index (κ3) is 3.44. The molecular weight excluding hydrogens is 256 g/mol. The van der Waals surface area contributed by atoms with E-state index < -0.39 is 23.7 Å². The van der Waals surface area contributed by atoms with Gasteiger partial charge < -0.3 is 5.11 Å². The van der Waals surface area contributed by atoms with Crippen LogP contribution in [0.2, 0.25) is 0 Å². The third-order valence-corrected chi connectivity index (χ3v) is 2.01. The van der Waals surface area contributed by atoms with E-state index in [2.05, 4.69) is 5.10 Å². The summed E-state index contributed by atoms with van der Waals surface area (Å²) in [7, 11) is 0. The summed E-state index contributed by atoms with van der Waals surface area (Å²) in [5.41, 5.74) is 0.381. The fourth-order valence-corrected chi connectivity index (χ4v) is 1.17. The van der Waals surface area contributed by atoms with Crippen LogP contribution in [0.15, 0.2) is 23.3 Å². The Morgan fingerprint density at radius 1 is 1.39 bits per heavy atom. The highest BCUT2D eigenvalue weighted by atomic mass is 19.4. The Hall–Kier alpha value is -2.12. The van der Waals surface area contributed by atoms with Crippen LogP contribution >= 0.6 is 0 Å². The van der Waals surface area contributed by atoms with Gasteiger partial charge in [0, 0.05) is 5.56 Å². The lowest BCUT2D eigenvalue weighted by Gasteiger charge is -2.09. The molecule has 98 valence electrons. The Morgan fingerprint density at radius 2 is 2.00 bits per heavy atom. The second-order valence-corrected chi connectivity index (χ2v) is 3.31. The number of hydrazone groups is 1. The molecule has 0 aliphatic heterocycles. The summed E-state index contributed by atoms with van der Waals surface area (Å²) in [6, 6.07) is 2.23. The first-order chi connectivity index (χ1) is 8.21. The van der Waals surface area contributed by atoms with E-state index in [1.807, 2.05) is 0 Å². The van der Waals surface area contributed by atoms with Gasteiger partial charge in [0.1, 0.15) is 5.82 Å². The molecule has 0 atom stereocenters. The lowest BCUT2D eigenvalue weighted by Crippen LogP contribution is -2.16. The van der Waals surface area contributed by atoms with Crippen molar-refractivity contribution >= 4 is 11.8 Å². The Balaban J connectivity index is 3.05. The van der Waals surface area contributed by atoms with Gasteiger partial charge in [-0.15, -0.1) is 0 Å². The van der Waals surface area contributed by atoms with Gasteiger partial charge in [-0.2, -0.15) is 18.3 Å². The quantitative estimate of drug-likeness (QED) is 0.490. The molecule has 1 aromatic rings. The fourth-order valence-electron chi connectivity index (χ4n) is 1.17. The molecule has 0 heterocycles. The summed E-state index contributed by atoms with van der Waals surface area (Å²) < 4.78 is 50.0. The Labute approximate surface area is 98.9 Å². The second kappa shape index (κ2) is 5.03. The van der Waals surface area contributed by atoms with E-state index in [1.165, 1.54) is 6.92 Å². The summed E-state index contributed by atoms with van der Waals surface area (Å²) in [6.45, 7) is 1.33. The average molecular weight is 264 g/mol. The first kappa shape index (κ1) is 13.9. The van der Waals surface area contributed by atoms with Crippen LogP contribution in [0, 0.1) is 5.82 Å². The number of halogens is 4. The van der Waals surface area contributed by atoms with E-state index in [4.69, 9.17) is 5.11 Å². The minimum absolute atomic E-state index is 0.0463. The molecule has 0 saturated carbocycles. The highest BCUT2D eigenvalue weighted by Crippen LogP contribution is 2.31. The van der Waals surface area contributed by atoms with Crippen molar-refractivity contribution in [1.29, 1.82) is 0 Å². The predicted molar refractivity (Wildman–Crippen MR) is 54.8 cm³/mol. The number of alkyl halides is 3. The maximum Gasteiger partial charge on any atom is 0.425 e. The first-order valence-electron chi connectivity index (χ1n) is 4.62. The van der Waals surface area contributed by atoms with E-state index >= 15 is 0 Å². The largest absolute Gasteiger partial charge is 0.464 e. The van der Waals surface area contributed by atoms with Crippen molar-refractivity contribution in [3.63, 3.8) is 0 Å². The van der Waals surface area contributed by atoms with Crippen molar-refractivity contribution < 1.29 is 27.5 Å². The molecule has 0 spiro atoms. The number of amides is 1. The van der Waals surface area contributed by atoms with Crippen LogP contribution in [0.25, 0.3) is 0 Å². The number of carboxylic acid groups (broad SMARTS) is 1. The molecular formula is C10H8F4N2O2. The van der Waals surface area contributed by atoms with E-state index in [0.717, 1.165) is 6.07 Å². The first-order valence-corrected chi connectivity index (χ1v) is 4.62. The lowest BCUT2D eigenvalue weighted by molar-refractivity contribution is -0.140. The van der Waals surface area contributed by atoms with Crippen molar-refractivity contribution in [1.82, 2.24) is 5.43 Å². The van der Waals surface area contributed by atoms with Gasteiger partial charge in [0.2, 0.25) is 0 Å². The molecule has 8 heteroatoms. The topological polar surface area (TPSA) is 61.7 Å². The molecule has 4 nitrogen and oxygen atoms in total. The summed E-state index contributed by atoms with van der Waals surface area (Å²) in [5, 5.41) is 11.6. The van der Waals surface area contributed by atoms with E-state index in [1.54, 1.807) is 5.43 Å². The third-order valence-electron chi connectivity index (χ3n) is 2.01. The van der Waals surface area contributed by atoms with Crippen molar-refractivity contribution in [3.05, 3.63) is 35.1 Å². The number of nitrogens with zero attached hydrogens (tertiary/aromatic N) is 1. The van der Waals surface area contributed by atoms with Crippen molar-refractivity contribution in [3.8, 4) is 0 Å².